The van der Waals surface area contributed by atoms with Crippen LogP contribution in [0.3, 0.4) is 0 Å². The fourth-order valence-electron chi connectivity index (χ4n) is 4.84. The van der Waals surface area contributed by atoms with E-state index in [0.717, 1.165) is 24.3 Å². The number of rotatable bonds is 4. The van der Waals surface area contributed by atoms with Crippen molar-refractivity contribution in [1.29, 1.82) is 0 Å². The summed E-state index contributed by atoms with van der Waals surface area (Å²) in [4.78, 5) is 36.3. The Hall–Kier alpha value is -3.68. The highest BCUT2D eigenvalue weighted by Gasteiger charge is 2.38. The number of nitrogens with zero attached hydrogens (tertiary/aromatic N) is 5. The molecule has 0 radical (unpaired) electrons. The van der Waals surface area contributed by atoms with Gasteiger partial charge in [-0.15, -0.1) is 0 Å². The van der Waals surface area contributed by atoms with E-state index in [1.807, 2.05) is 29.2 Å². The normalized spacial score (nSPS) is 18.6. The van der Waals surface area contributed by atoms with Crippen molar-refractivity contribution in [2.24, 2.45) is 5.92 Å². The van der Waals surface area contributed by atoms with Gasteiger partial charge in [0, 0.05) is 63.0 Å². The molecule has 2 fully saturated rings. The summed E-state index contributed by atoms with van der Waals surface area (Å²) in [5.41, 5.74) is 5.26. The van der Waals surface area contributed by atoms with Crippen LogP contribution in [-0.2, 0) is 9.59 Å². The maximum absolute atomic E-state index is 13.3. The van der Waals surface area contributed by atoms with Crippen molar-refractivity contribution in [2.75, 3.05) is 42.5 Å². The Bertz CT molecular complexity index is 1230. The van der Waals surface area contributed by atoms with Crippen LogP contribution in [0.2, 0.25) is 0 Å². The van der Waals surface area contributed by atoms with E-state index in [-0.39, 0.29) is 24.2 Å². The van der Waals surface area contributed by atoms with Gasteiger partial charge in [-0.1, -0.05) is 29.4 Å². The Morgan fingerprint density at radius 2 is 1.82 bits per heavy atom. The summed E-state index contributed by atoms with van der Waals surface area (Å²) in [6.07, 6.45) is 0.238. The predicted octanol–water partition coefficient (Wildman–Crippen LogP) is 3.36. The number of hydrogen-bond acceptors (Lipinski definition) is 6. The quantitative estimate of drug-likeness (QED) is 0.595. The number of hydrogen-bond donors (Lipinski definition) is 0. The van der Waals surface area contributed by atoms with E-state index < -0.39 is 0 Å². The van der Waals surface area contributed by atoms with Gasteiger partial charge in [-0.2, -0.15) is 4.98 Å². The number of aromatic nitrogens is 2. The third-order valence-corrected chi connectivity index (χ3v) is 6.71. The van der Waals surface area contributed by atoms with Gasteiger partial charge in [-0.25, -0.2) is 0 Å². The molecule has 2 aliphatic rings. The van der Waals surface area contributed by atoms with E-state index in [0.29, 0.717) is 31.3 Å². The molecular formula is C26H29N5O3. The topological polar surface area (TPSA) is 82.8 Å². The second-order valence-corrected chi connectivity index (χ2v) is 9.19. The molecule has 3 aromatic rings. The highest BCUT2D eigenvalue weighted by Crippen LogP contribution is 2.30. The Labute approximate surface area is 199 Å². The van der Waals surface area contributed by atoms with Crippen LogP contribution in [0.25, 0.3) is 11.4 Å². The molecular weight excluding hydrogens is 430 g/mol. The lowest BCUT2D eigenvalue weighted by molar-refractivity contribution is -0.136. The van der Waals surface area contributed by atoms with E-state index in [1.54, 1.807) is 11.8 Å². The maximum atomic E-state index is 13.3. The standard InChI is InChI=1S/C26H29N5O3/c1-17-7-8-18(2)23(13-17)29-9-11-30(12-10-29)26(33)21-15-24(32)31(16-21)22-6-4-5-20(14-22)25-27-19(3)34-28-25/h4-8,13-14,21H,9-12,15-16H2,1-3H3/t21-/m1/s1. The summed E-state index contributed by atoms with van der Waals surface area (Å²) < 4.78 is 5.07. The van der Waals surface area contributed by atoms with Crippen LogP contribution in [-0.4, -0.2) is 59.6 Å². The highest BCUT2D eigenvalue weighted by molar-refractivity contribution is 6.00. The molecule has 2 amide bonds. The van der Waals surface area contributed by atoms with E-state index in [2.05, 4.69) is 47.1 Å². The zero-order valence-electron chi connectivity index (χ0n) is 19.8. The largest absolute Gasteiger partial charge is 0.368 e. The molecule has 0 bridgehead atoms. The fourth-order valence-corrected chi connectivity index (χ4v) is 4.84. The number of aryl methyl sites for hydroxylation is 3. The number of carbonyl (C=O) groups is 2. The van der Waals surface area contributed by atoms with Crippen molar-refractivity contribution >= 4 is 23.2 Å². The Kier molecular flexibility index (Phi) is 5.81. The van der Waals surface area contributed by atoms with Gasteiger partial charge >= 0.3 is 0 Å². The molecule has 2 aromatic carbocycles. The van der Waals surface area contributed by atoms with E-state index in [4.69, 9.17) is 4.52 Å². The van der Waals surface area contributed by atoms with Crippen molar-refractivity contribution in [3.05, 3.63) is 59.5 Å². The number of anilines is 2. The minimum atomic E-state index is -0.323. The van der Waals surface area contributed by atoms with E-state index >= 15 is 0 Å². The molecule has 8 heteroatoms. The summed E-state index contributed by atoms with van der Waals surface area (Å²) in [6, 6.07) is 14.0. The summed E-state index contributed by atoms with van der Waals surface area (Å²) >= 11 is 0. The molecule has 8 nitrogen and oxygen atoms in total. The van der Waals surface area contributed by atoms with Crippen LogP contribution < -0.4 is 9.80 Å². The van der Waals surface area contributed by atoms with Gasteiger partial charge in [0.2, 0.25) is 23.5 Å². The van der Waals surface area contributed by atoms with Crippen molar-refractivity contribution in [3.8, 4) is 11.4 Å². The third kappa shape index (κ3) is 4.27. The minimum Gasteiger partial charge on any atom is -0.368 e. The molecule has 1 aromatic heterocycles. The minimum absolute atomic E-state index is 0.0335. The highest BCUT2D eigenvalue weighted by atomic mass is 16.5. The molecule has 5 rings (SSSR count). The summed E-state index contributed by atoms with van der Waals surface area (Å²) in [5.74, 6) is 0.687. The maximum Gasteiger partial charge on any atom is 0.228 e. The molecule has 2 aliphatic heterocycles. The lowest BCUT2D eigenvalue weighted by Crippen LogP contribution is -2.50. The predicted molar refractivity (Wildman–Crippen MR) is 130 cm³/mol. The first-order valence-corrected chi connectivity index (χ1v) is 11.7. The average Bonchev–Trinajstić information content (AvgIpc) is 3.46. The molecule has 0 saturated carbocycles. The summed E-state index contributed by atoms with van der Waals surface area (Å²) in [7, 11) is 0. The van der Waals surface area contributed by atoms with Gasteiger partial charge in [0.1, 0.15) is 0 Å². The SMILES string of the molecule is Cc1ccc(C)c(N2CCN(C(=O)[C@@H]3CC(=O)N(c4cccc(-c5noc(C)n5)c4)C3)CC2)c1. The Morgan fingerprint density at radius 3 is 2.56 bits per heavy atom. The molecule has 1 atom stereocenters. The number of benzene rings is 2. The van der Waals surface area contributed by atoms with Crippen LogP contribution in [0, 0.1) is 26.7 Å². The Morgan fingerprint density at radius 1 is 1.03 bits per heavy atom. The van der Waals surface area contributed by atoms with Crippen molar-refractivity contribution in [2.45, 2.75) is 27.2 Å². The first-order chi connectivity index (χ1) is 16.4. The lowest BCUT2D eigenvalue weighted by Gasteiger charge is -2.37. The van der Waals surface area contributed by atoms with Crippen LogP contribution >= 0.6 is 0 Å². The molecule has 0 spiro atoms. The zero-order valence-corrected chi connectivity index (χ0v) is 19.8. The first kappa shape index (κ1) is 22.1. The van der Waals surface area contributed by atoms with Crippen molar-refractivity contribution in [1.82, 2.24) is 15.0 Å². The smallest absolute Gasteiger partial charge is 0.228 e. The fraction of sp³-hybridized carbons (Fsp3) is 0.385. The van der Waals surface area contributed by atoms with Crippen LogP contribution in [0.4, 0.5) is 11.4 Å². The van der Waals surface area contributed by atoms with Crippen molar-refractivity contribution < 1.29 is 14.1 Å². The van der Waals surface area contributed by atoms with Crippen LogP contribution in [0.1, 0.15) is 23.4 Å². The first-order valence-electron chi connectivity index (χ1n) is 11.7. The molecule has 0 N–H and O–H groups in total. The molecule has 0 unspecified atom stereocenters. The van der Waals surface area contributed by atoms with Crippen LogP contribution in [0.5, 0.6) is 0 Å². The number of carbonyl (C=O) groups excluding carboxylic acids is 2. The van der Waals surface area contributed by atoms with Gasteiger partial charge in [-0.3, -0.25) is 9.59 Å². The molecule has 0 aliphatic carbocycles. The molecule has 3 heterocycles. The second-order valence-electron chi connectivity index (χ2n) is 9.19. The number of amides is 2. The zero-order chi connectivity index (χ0) is 23.8. The number of piperazine rings is 1. The molecule has 2 saturated heterocycles. The lowest BCUT2D eigenvalue weighted by atomic mass is 10.1. The second kappa shape index (κ2) is 8.93. The van der Waals surface area contributed by atoms with E-state index in [1.165, 1.54) is 16.8 Å². The molecule has 34 heavy (non-hydrogen) atoms. The van der Waals surface area contributed by atoms with E-state index in [9.17, 15) is 9.59 Å². The van der Waals surface area contributed by atoms with Gasteiger partial charge < -0.3 is 19.2 Å². The van der Waals surface area contributed by atoms with Crippen molar-refractivity contribution in [3.63, 3.8) is 0 Å². The van der Waals surface area contributed by atoms with Gasteiger partial charge in [-0.05, 0) is 43.2 Å². The average molecular weight is 460 g/mol. The summed E-state index contributed by atoms with van der Waals surface area (Å²) in [5, 5.41) is 3.96. The van der Waals surface area contributed by atoms with Gasteiger partial charge in [0.05, 0.1) is 5.92 Å². The van der Waals surface area contributed by atoms with Crippen LogP contribution in [0.15, 0.2) is 47.0 Å². The van der Waals surface area contributed by atoms with Gasteiger partial charge in [0.15, 0.2) is 0 Å². The monoisotopic (exact) mass is 459 g/mol. The van der Waals surface area contributed by atoms with Gasteiger partial charge in [0.25, 0.3) is 0 Å². The molecule has 176 valence electrons. The summed E-state index contributed by atoms with van der Waals surface area (Å²) in [6.45, 7) is 9.29. The Balaban J connectivity index is 1.24. The third-order valence-electron chi connectivity index (χ3n) is 6.71.